The Hall–Kier alpha value is 0.270. The zero-order valence-corrected chi connectivity index (χ0v) is 10.5. The van der Waals surface area contributed by atoms with Crippen LogP contribution in [0.5, 0.6) is 0 Å². The molecule has 0 spiro atoms. The number of nitrogens with one attached hydrogen (secondary N) is 1. The Morgan fingerprint density at radius 3 is 3.07 bits per heavy atom. The molecule has 3 atom stereocenters. The topological polar surface area (TPSA) is 21.3 Å². The summed E-state index contributed by atoms with van der Waals surface area (Å²) in [5, 5.41) is 4.61. The summed E-state index contributed by atoms with van der Waals surface area (Å²) in [5.74, 6) is 1.37. The second kappa shape index (κ2) is 6.12. The molecule has 0 aromatic carbocycles. The smallest absolute Gasteiger partial charge is 0.0587 e. The quantitative estimate of drug-likeness (QED) is 0.800. The minimum atomic E-state index is 0.507. The van der Waals surface area contributed by atoms with Gasteiger partial charge in [-0.3, -0.25) is 0 Å². The van der Waals surface area contributed by atoms with Crippen molar-refractivity contribution in [3.63, 3.8) is 0 Å². The molecule has 0 saturated carbocycles. The first-order valence-electron chi connectivity index (χ1n) is 6.35. The van der Waals surface area contributed by atoms with E-state index < -0.39 is 0 Å². The lowest BCUT2D eigenvalue weighted by molar-refractivity contribution is 0.0000840. The third-order valence-corrected chi connectivity index (χ3v) is 4.88. The minimum Gasteiger partial charge on any atom is -0.378 e. The summed E-state index contributed by atoms with van der Waals surface area (Å²) in [6.07, 6.45) is 6.92. The first-order valence-corrected chi connectivity index (χ1v) is 7.40. The fourth-order valence-electron chi connectivity index (χ4n) is 2.45. The van der Waals surface area contributed by atoms with Gasteiger partial charge < -0.3 is 10.1 Å². The van der Waals surface area contributed by atoms with Crippen LogP contribution in [0.3, 0.4) is 0 Å². The Balaban J connectivity index is 1.65. The first-order chi connectivity index (χ1) is 7.38. The molecule has 2 heterocycles. The third kappa shape index (κ3) is 3.65. The molecule has 2 aliphatic heterocycles. The van der Waals surface area contributed by atoms with E-state index in [0.29, 0.717) is 12.1 Å². The van der Waals surface area contributed by atoms with Crippen LogP contribution in [-0.4, -0.2) is 36.3 Å². The van der Waals surface area contributed by atoms with Gasteiger partial charge in [0.05, 0.1) is 6.10 Å². The van der Waals surface area contributed by atoms with E-state index in [1.807, 2.05) is 0 Å². The molecule has 15 heavy (non-hydrogen) atoms. The summed E-state index contributed by atoms with van der Waals surface area (Å²) in [7, 11) is 0. The van der Waals surface area contributed by atoms with Gasteiger partial charge in [-0.25, -0.2) is 0 Å². The Morgan fingerprint density at radius 2 is 2.33 bits per heavy atom. The maximum absolute atomic E-state index is 5.68. The highest BCUT2D eigenvalue weighted by Crippen LogP contribution is 2.26. The van der Waals surface area contributed by atoms with Crippen LogP contribution in [0.1, 0.15) is 39.0 Å². The van der Waals surface area contributed by atoms with Crippen molar-refractivity contribution in [2.24, 2.45) is 0 Å². The van der Waals surface area contributed by atoms with Gasteiger partial charge in [0.15, 0.2) is 0 Å². The summed E-state index contributed by atoms with van der Waals surface area (Å²) in [5.41, 5.74) is 0. The average molecular weight is 229 g/mol. The van der Waals surface area contributed by atoms with Gasteiger partial charge in [-0.05, 0) is 37.9 Å². The number of hydrogen-bond acceptors (Lipinski definition) is 3. The standard InChI is InChI=1S/C12H23NOS/c1-2-11-8-10(5-6-14-11)13-9-12-4-3-7-15-12/h10-13H,2-9H2,1H3. The lowest BCUT2D eigenvalue weighted by atomic mass is 10.0. The molecule has 2 aliphatic rings. The Morgan fingerprint density at radius 1 is 1.40 bits per heavy atom. The highest BCUT2D eigenvalue weighted by Gasteiger charge is 2.22. The average Bonchev–Trinajstić information content (AvgIpc) is 2.79. The van der Waals surface area contributed by atoms with E-state index in [4.69, 9.17) is 4.74 Å². The van der Waals surface area contributed by atoms with Gasteiger partial charge in [0.25, 0.3) is 0 Å². The van der Waals surface area contributed by atoms with E-state index in [1.54, 1.807) is 0 Å². The van der Waals surface area contributed by atoms with Crippen LogP contribution in [0.2, 0.25) is 0 Å². The van der Waals surface area contributed by atoms with Crippen LogP contribution < -0.4 is 5.32 Å². The molecule has 2 fully saturated rings. The molecule has 3 heteroatoms. The second-order valence-corrected chi connectivity index (χ2v) is 6.07. The summed E-state index contributed by atoms with van der Waals surface area (Å²) in [6.45, 7) is 4.39. The zero-order chi connectivity index (χ0) is 10.5. The minimum absolute atomic E-state index is 0.507. The van der Waals surface area contributed by atoms with Crippen molar-refractivity contribution in [2.75, 3.05) is 18.9 Å². The molecule has 0 bridgehead atoms. The zero-order valence-electron chi connectivity index (χ0n) is 9.71. The maximum atomic E-state index is 5.68. The van der Waals surface area contributed by atoms with Gasteiger partial charge in [0, 0.05) is 24.4 Å². The molecule has 1 N–H and O–H groups in total. The van der Waals surface area contributed by atoms with Crippen molar-refractivity contribution in [2.45, 2.75) is 56.4 Å². The highest BCUT2D eigenvalue weighted by atomic mass is 32.2. The van der Waals surface area contributed by atoms with Gasteiger partial charge in [-0.1, -0.05) is 6.92 Å². The van der Waals surface area contributed by atoms with Gasteiger partial charge >= 0.3 is 0 Å². The molecule has 88 valence electrons. The summed E-state index contributed by atoms with van der Waals surface area (Å²) >= 11 is 2.14. The van der Waals surface area contributed by atoms with Crippen LogP contribution in [0.4, 0.5) is 0 Å². The molecule has 2 saturated heterocycles. The summed E-state index contributed by atoms with van der Waals surface area (Å²) in [4.78, 5) is 0. The monoisotopic (exact) mass is 229 g/mol. The molecule has 2 nitrogen and oxygen atoms in total. The fraction of sp³-hybridized carbons (Fsp3) is 1.00. The Bertz CT molecular complexity index is 182. The number of ether oxygens (including phenoxy) is 1. The molecular weight excluding hydrogens is 206 g/mol. The molecule has 0 radical (unpaired) electrons. The van der Waals surface area contributed by atoms with Crippen LogP contribution >= 0.6 is 11.8 Å². The van der Waals surface area contributed by atoms with Gasteiger partial charge in [-0.15, -0.1) is 0 Å². The van der Waals surface area contributed by atoms with Gasteiger partial charge in [0.1, 0.15) is 0 Å². The Labute approximate surface area is 97.5 Å². The van der Waals surface area contributed by atoms with E-state index in [2.05, 4.69) is 24.0 Å². The van der Waals surface area contributed by atoms with E-state index >= 15 is 0 Å². The van der Waals surface area contributed by atoms with Crippen molar-refractivity contribution in [3.8, 4) is 0 Å². The van der Waals surface area contributed by atoms with E-state index in [0.717, 1.165) is 18.3 Å². The van der Waals surface area contributed by atoms with Crippen molar-refractivity contribution in [1.29, 1.82) is 0 Å². The molecule has 3 unspecified atom stereocenters. The van der Waals surface area contributed by atoms with Crippen LogP contribution in [0.25, 0.3) is 0 Å². The van der Waals surface area contributed by atoms with Gasteiger partial charge in [-0.2, -0.15) is 11.8 Å². The summed E-state index contributed by atoms with van der Waals surface area (Å²) < 4.78 is 5.68. The molecule has 0 aromatic rings. The SMILES string of the molecule is CCC1CC(NCC2CCCS2)CCO1. The van der Waals surface area contributed by atoms with Crippen LogP contribution in [-0.2, 0) is 4.74 Å². The maximum Gasteiger partial charge on any atom is 0.0587 e. The highest BCUT2D eigenvalue weighted by molar-refractivity contribution is 8.00. The van der Waals surface area contributed by atoms with Crippen molar-refractivity contribution >= 4 is 11.8 Å². The van der Waals surface area contributed by atoms with E-state index in [1.165, 1.54) is 38.0 Å². The lowest BCUT2D eigenvalue weighted by Gasteiger charge is -2.30. The predicted octanol–water partition coefficient (Wildman–Crippen LogP) is 2.43. The number of hydrogen-bond donors (Lipinski definition) is 1. The summed E-state index contributed by atoms with van der Waals surface area (Å²) in [6, 6.07) is 0.713. The molecule has 2 rings (SSSR count). The fourth-order valence-corrected chi connectivity index (χ4v) is 3.67. The number of rotatable bonds is 4. The van der Waals surface area contributed by atoms with Gasteiger partial charge in [0.2, 0.25) is 0 Å². The van der Waals surface area contributed by atoms with Crippen molar-refractivity contribution in [1.82, 2.24) is 5.32 Å². The predicted molar refractivity (Wildman–Crippen MR) is 66.5 cm³/mol. The third-order valence-electron chi connectivity index (χ3n) is 3.48. The number of thioether (sulfide) groups is 1. The van der Waals surface area contributed by atoms with Crippen molar-refractivity contribution in [3.05, 3.63) is 0 Å². The Kier molecular flexibility index (Phi) is 4.79. The molecule has 0 aliphatic carbocycles. The molecular formula is C12H23NOS. The molecule has 0 amide bonds. The van der Waals surface area contributed by atoms with E-state index in [-0.39, 0.29) is 0 Å². The van der Waals surface area contributed by atoms with E-state index in [9.17, 15) is 0 Å². The second-order valence-electron chi connectivity index (χ2n) is 4.67. The normalized spacial score (nSPS) is 37.0. The molecule has 0 aromatic heterocycles. The lowest BCUT2D eigenvalue weighted by Crippen LogP contribution is -2.41. The van der Waals surface area contributed by atoms with Crippen LogP contribution in [0.15, 0.2) is 0 Å². The largest absolute Gasteiger partial charge is 0.378 e. The van der Waals surface area contributed by atoms with Crippen LogP contribution in [0, 0.1) is 0 Å². The first kappa shape index (κ1) is 11.7. The van der Waals surface area contributed by atoms with Crippen molar-refractivity contribution < 1.29 is 4.74 Å².